The fourth-order valence-corrected chi connectivity index (χ4v) is 3.73. The topological polar surface area (TPSA) is 56.1 Å². The quantitative estimate of drug-likeness (QED) is 0.909. The number of para-hydroxylation sites is 1. The molecule has 5 heteroatoms. The number of ether oxygens (including phenoxy) is 1. The van der Waals surface area contributed by atoms with Crippen LogP contribution in [-0.4, -0.2) is 28.3 Å². The number of hydrogen-bond donors (Lipinski definition) is 1. The number of aromatic nitrogens is 2. The van der Waals surface area contributed by atoms with Gasteiger partial charge in [0.05, 0.1) is 18.7 Å². The van der Waals surface area contributed by atoms with Gasteiger partial charge in [-0.2, -0.15) is 5.10 Å². The summed E-state index contributed by atoms with van der Waals surface area (Å²) in [5.41, 5.74) is 2.89. The Morgan fingerprint density at radius 2 is 2.16 bits per heavy atom. The first kappa shape index (κ1) is 17.5. The number of aryl methyl sites for hydroxylation is 2. The van der Waals surface area contributed by atoms with Crippen LogP contribution in [0.5, 0.6) is 5.75 Å². The average Bonchev–Trinajstić information content (AvgIpc) is 2.94. The summed E-state index contributed by atoms with van der Waals surface area (Å²) < 4.78 is 7.25. The van der Waals surface area contributed by atoms with Crippen LogP contribution in [-0.2, 0) is 24.7 Å². The number of rotatable bonds is 5. The molecule has 2 aromatic rings. The molecule has 1 aromatic carbocycles. The zero-order valence-electron chi connectivity index (χ0n) is 15.5. The van der Waals surface area contributed by atoms with Gasteiger partial charge in [0.2, 0.25) is 5.91 Å². The van der Waals surface area contributed by atoms with E-state index in [-0.39, 0.29) is 17.4 Å². The summed E-state index contributed by atoms with van der Waals surface area (Å²) in [4.78, 5) is 13.0. The van der Waals surface area contributed by atoms with Gasteiger partial charge in [0.25, 0.3) is 0 Å². The van der Waals surface area contributed by atoms with Gasteiger partial charge in [-0.1, -0.05) is 18.2 Å². The first-order valence-corrected chi connectivity index (χ1v) is 8.86. The van der Waals surface area contributed by atoms with Gasteiger partial charge in [0.15, 0.2) is 0 Å². The maximum absolute atomic E-state index is 13.0. The van der Waals surface area contributed by atoms with Gasteiger partial charge in [-0.15, -0.1) is 0 Å². The van der Waals surface area contributed by atoms with Crippen LogP contribution in [0, 0.1) is 0 Å². The van der Waals surface area contributed by atoms with Crippen LogP contribution in [0.2, 0.25) is 0 Å². The van der Waals surface area contributed by atoms with Crippen molar-refractivity contribution in [2.75, 3.05) is 7.11 Å². The standard InChI is InChI=1S/C20H27N3O2/c1-20(2,12-14-8-5-6-11-18(14)25-4)21-19(24)15-9-7-10-17-16(15)13-23(3)22-17/h5-6,8,11,13,15H,7,9-10,12H2,1-4H3,(H,21,24)/t15-/m0/s1. The minimum absolute atomic E-state index is 0.0915. The molecule has 3 rings (SSSR count). The number of carbonyl (C=O) groups is 1. The third-order valence-corrected chi connectivity index (χ3v) is 4.82. The second kappa shape index (κ2) is 6.90. The molecular formula is C20H27N3O2. The Bertz CT molecular complexity index is 764. The minimum Gasteiger partial charge on any atom is -0.496 e. The third-order valence-electron chi connectivity index (χ3n) is 4.82. The molecule has 1 amide bonds. The molecule has 0 saturated carbocycles. The fraction of sp³-hybridized carbons (Fsp3) is 0.500. The van der Waals surface area contributed by atoms with Gasteiger partial charge in [0, 0.05) is 24.3 Å². The SMILES string of the molecule is COc1ccccc1CC(C)(C)NC(=O)[C@H]1CCCc2nn(C)cc21. The summed E-state index contributed by atoms with van der Waals surface area (Å²) in [6, 6.07) is 7.96. The highest BCUT2D eigenvalue weighted by Crippen LogP contribution is 2.32. The zero-order valence-corrected chi connectivity index (χ0v) is 15.5. The lowest BCUT2D eigenvalue weighted by atomic mass is 9.85. The van der Waals surface area contributed by atoms with Crippen LogP contribution in [0.15, 0.2) is 30.5 Å². The number of hydrogen-bond acceptors (Lipinski definition) is 3. The molecular weight excluding hydrogens is 314 g/mol. The van der Waals surface area contributed by atoms with E-state index in [0.717, 1.165) is 48.3 Å². The summed E-state index contributed by atoms with van der Waals surface area (Å²) >= 11 is 0. The van der Waals surface area contributed by atoms with Gasteiger partial charge in [-0.05, 0) is 51.2 Å². The first-order valence-electron chi connectivity index (χ1n) is 8.86. The van der Waals surface area contributed by atoms with E-state index in [1.54, 1.807) is 7.11 Å². The lowest BCUT2D eigenvalue weighted by Gasteiger charge is -2.30. The van der Waals surface area contributed by atoms with Crippen molar-refractivity contribution in [2.45, 2.75) is 51.0 Å². The largest absolute Gasteiger partial charge is 0.496 e. The number of benzene rings is 1. The zero-order chi connectivity index (χ0) is 18.0. The van der Waals surface area contributed by atoms with Gasteiger partial charge in [-0.25, -0.2) is 0 Å². The van der Waals surface area contributed by atoms with Gasteiger partial charge in [-0.3, -0.25) is 9.48 Å². The third kappa shape index (κ3) is 3.86. The molecule has 134 valence electrons. The molecule has 5 nitrogen and oxygen atoms in total. The summed E-state index contributed by atoms with van der Waals surface area (Å²) in [7, 11) is 3.59. The normalized spacial score (nSPS) is 17.0. The highest BCUT2D eigenvalue weighted by Gasteiger charge is 2.32. The first-order chi connectivity index (χ1) is 11.9. The minimum atomic E-state index is -0.356. The molecule has 25 heavy (non-hydrogen) atoms. The smallest absolute Gasteiger partial charge is 0.228 e. The molecule has 1 aliphatic rings. The maximum atomic E-state index is 13.0. The van der Waals surface area contributed by atoms with Crippen molar-refractivity contribution < 1.29 is 9.53 Å². The predicted octanol–water partition coefficient (Wildman–Crippen LogP) is 2.99. The molecule has 0 unspecified atom stereocenters. The Morgan fingerprint density at radius 1 is 1.40 bits per heavy atom. The lowest BCUT2D eigenvalue weighted by Crippen LogP contribution is -2.47. The molecule has 0 saturated heterocycles. The molecule has 0 bridgehead atoms. The lowest BCUT2D eigenvalue weighted by molar-refractivity contribution is -0.124. The van der Waals surface area contributed by atoms with E-state index in [0.29, 0.717) is 0 Å². The van der Waals surface area contributed by atoms with E-state index in [1.165, 1.54) is 0 Å². The number of nitrogens with one attached hydrogen (secondary N) is 1. The Balaban J connectivity index is 1.74. The Labute approximate surface area is 149 Å². The number of carbonyl (C=O) groups excluding carboxylic acids is 1. The summed E-state index contributed by atoms with van der Waals surface area (Å²) in [5.74, 6) is 0.847. The highest BCUT2D eigenvalue weighted by atomic mass is 16.5. The van der Waals surface area contributed by atoms with Crippen molar-refractivity contribution in [3.8, 4) is 5.75 Å². The molecule has 0 radical (unpaired) electrons. The van der Waals surface area contributed by atoms with Crippen molar-refractivity contribution in [1.82, 2.24) is 15.1 Å². The van der Waals surface area contributed by atoms with Gasteiger partial charge in [0.1, 0.15) is 5.75 Å². The number of methoxy groups -OCH3 is 1. The van der Waals surface area contributed by atoms with E-state index in [2.05, 4.69) is 24.3 Å². The van der Waals surface area contributed by atoms with Crippen LogP contribution in [0.25, 0.3) is 0 Å². The number of amides is 1. The summed E-state index contributed by atoms with van der Waals surface area (Å²) in [6.45, 7) is 4.12. The van der Waals surface area contributed by atoms with Gasteiger partial charge < -0.3 is 10.1 Å². The van der Waals surface area contributed by atoms with E-state index in [1.807, 2.05) is 42.2 Å². The second-order valence-electron chi connectivity index (χ2n) is 7.51. The van der Waals surface area contributed by atoms with Gasteiger partial charge >= 0.3 is 0 Å². The van der Waals surface area contributed by atoms with Crippen molar-refractivity contribution in [2.24, 2.45) is 7.05 Å². The van der Waals surface area contributed by atoms with Crippen LogP contribution < -0.4 is 10.1 Å². The second-order valence-corrected chi connectivity index (χ2v) is 7.51. The van der Waals surface area contributed by atoms with Crippen LogP contribution >= 0.6 is 0 Å². The highest BCUT2D eigenvalue weighted by molar-refractivity contribution is 5.84. The predicted molar refractivity (Wildman–Crippen MR) is 97.8 cm³/mol. The van der Waals surface area contributed by atoms with Crippen LogP contribution in [0.4, 0.5) is 0 Å². The Hall–Kier alpha value is -2.30. The van der Waals surface area contributed by atoms with Crippen LogP contribution in [0.3, 0.4) is 0 Å². The van der Waals surface area contributed by atoms with Crippen LogP contribution in [0.1, 0.15) is 49.4 Å². The molecule has 0 fully saturated rings. The maximum Gasteiger partial charge on any atom is 0.228 e. The van der Waals surface area contributed by atoms with Crippen molar-refractivity contribution in [3.63, 3.8) is 0 Å². The molecule has 1 aliphatic carbocycles. The van der Waals surface area contributed by atoms with Crippen molar-refractivity contribution in [1.29, 1.82) is 0 Å². The Morgan fingerprint density at radius 3 is 2.92 bits per heavy atom. The monoisotopic (exact) mass is 341 g/mol. The molecule has 1 atom stereocenters. The van der Waals surface area contributed by atoms with E-state index >= 15 is 0 Å². The summed E-state index contributed by atoms with van der Waals surface area (Å²) in [6.07, 6.45) is 5.57. The van der Waals surface area contributed by atoms with Crippen molar-refractivity contribution >= 4 is 5.91 Å². The number of fused-ring (bicyclic) bond motifs is 1. The number of nitrogens with zero attached hydrogens (tertiary/aromatic N) is 2. The molecule has 1 heterocycles. The average molecular weight is 341 g/mol. The Kier molecular flexibility index (Phi) is 4.84. The van der Waals surface area contributed by atoms with Crippen molar-refractivity contribution in [3.05, 3.63) is 47.3 Å². The molecule has 0 spiro atoms. The molecule has 0 aliphatic heterocycles. The molecule has 1 N–H and O–H groups in total. The fourth-order valence-electron chi connectivity index (χ4n) is 3.73. The van der Waals surface area contributed by atoms with E-state index in [9.17, 15) is 4.79 Å². The molecule has 1 aromatic heterocycles. The van der Waals surface area contributed by atoms with E-state index in [4.69, 9.17) is 4.74 Å². The summed E-state index contributed by atoms with van der Waals surface area (Å²) in [5, 5.41) is 7.74. The van der Waals surface area contributed by atoms with E-state index < -0.39 is 0 Å².